The Morgan fingerprint density at radius 1 is 1.09 bits per heavy atom. The lowest BCUT2D eigenvalue weighted by Gasteiger charge is -2.10. The molecule has 0 unspecified atom stereocenters. The minimum atomic E-state index is -2.87. The summed E-state index contributed by atoms with van der Waals surface area (Å²) >= 11 is 0. The molecule has 0 bridgehead atoms. The molecular weight excluding hydrogens is 302 g/mol. The van der Waals surface area contributed by atoms with Crippen molar-refractivity contribution in [3.8, 4) is 16.9 Å². The number of ether oxygens (including phenoxy) is 1. The zero-order valence-corrected chi connectivity index (χ0v) is 11.9. The minimum absolute atomic E-state index is 0.0669. The summed E-state index contributed by atoms with van der Waals surface area (Å²) in [5.41, 5.74) is 7.59. The summed E-state index contributed by atoms with van der Waals surface area (Å²) in [4.78, 5) is 15.7. The third-order valence-electron chi connectivity index (χ3n) is 3.36. The Bertz CT molecular complexity index is 864. The predicted octanol–water partition coefficient (Wildman–Crippen LogP) is 3.60. The number of alkyl halides is 2. The maximum absolute atomic E-state index is 12.2. The van der Waals surface area contributed by atoms with Crippen LogP contribution >= 0.6 is 0 Å². The lowest BCUT2D eigenvalue weighted by Crippen LogP contribution is -2.13. The molecule has 1 aromatic heterocycles. The van der Waals surface area contributed by atoms with Gasteiger partial charge in [0.2, 0.25) is 0 Å². The zero-order valence-electron chi connectivity index (χ0n) is 11.9. The first-order chi connectivity index (χ1) is 11.0. The number of aromatic nitrogens is 1. The molecule has 0 aliphatic rings. The van der Waals surface area contributed by atoms with Gasteiger partial charge in [-0.2, -0.15) is 8.78 Å². The van der Waals surface area contributed by atoms with Gasteiger partial charge in [-0.15, -0.1) is 0 Å². The molecule has 3 aromatic rings. The van der Waals surface area contributed by atoms with Crippen molar-refractivity contribution >= 4 is 16.8 Å². The molecule has 0 saturated carbocycles. The molecule has 0 atom stereocenters. The summed E-state index contributed by atoms with van der Waals surface area (Å²) in [6.45, 7) is -2.87. The van der Waals surface area contributed by atoms with Gasteiger partial charge < -0.3 is 10.5 Å². The number of fused-ring (bicyclic) bond motifs is 1. The highest BCUT2D eigenvalue weighted by atomic mass is 19.3. The number of amides is 1. The van der Waals surface area contributed by atoms with Crippen LogP contribution in [0.25, 0.3) is 22.0 Å². The largest absolute Gasteiger partial charge is 0.435 e. The fourth-order valence-corrected chi connectivity index (χ4v) is 2.36. The van der Waals surface area contributed by atoms with Crippen LogP contribution in [0.5, 0.6) is 5.75 Å². The quantitative estimate of drug-likeness (QED) is 0.800. The molecule has 4 nitrogen and oxygen atoms in total. The first-order valence-corrected chi connectivity index (χ1v) is 6.79. The average Bonchev–Trinajstić information content (AvgIpc) is 2.54. The van der Waals surface area contributed by atoms with Gasteiger partial charge in [0.05, 0.1) is 5.52 Å². The molecule has 6 heteroatoms. The number of para-hydroxylation sites is 1. The zero-order chi connectivity index (χ0) is 16.4. The predicted molar refractivity (Wildman–Crippen MR) is 82.3 cm³/mol. The van der Waals surface area contributed by atoms with Crippen molar-refractivity contribution in [2.24, 2.45) is 5.73 Å². The number of primary amides is 1. The second-order valence-electron chi connectivity index (χ2n) is 4.84. The Kier molecular flexibility index (Phi) is 3.89. The third-order valence-corrected chi connectivity index (χ3v) is 3.36. The molecule has 0 radical (unpaired) electrons. The fourth-order valence-electron chi connectivity index (χ4n) is 2.36. The molecule has 1 amide bonds. The van der Waals surface area contributed by atoms with Gasteiger partial charge in [-0.25, -0.2) is 4.98 Å². The van der Waals surface area contributed by atoms with Crippen LogP contribution in [0.2, 0.25) is 0 Å². The summed E-state index contributed by atoms with van der Waals surface area (Å²) in [6, 6.07) is 15.1. The number of hydrogen-bond donors (Lipinski definition) is 1. The molecule has 0 saturated heterocycles. The standard InChI is InChI=1S/C17H12F2N2O2/c18-17(19)23-11-7-5-10(6-8-11)13-9-15(16(20)22)21-14-4-2-1-3-12(13)14/h1-9,17H,(H2,20,22). The molecule has 0 spiro atoms. The third kappa shape index (κ3) is 3.11. The summed E-state index contributed by atoms with van der Waals surface area (Å²) in [5, 5.41) is 0.833. The SMILES string of the molecule is NC(=O)c1cc(-c2ccc(OC(F)F)cc2)c2ccccc2n1. The van der Waals surface area contributed by atoms with E-state index in [1.807, 2.05) is 18.2 Å². The Morgan fingerprint density at radius 2 is 1.78 bits per heavy atom. The van der Waals surface area contributed by atoms with E-state index in [2.05, 4.69) is 9.72 Å². The fraction of sp³-hybridized carbons (Fsp3) is 0.0588. The number of nitrogens with zero attached hydrogens (tertiary/aromatic N) is 1. The van der Waals surface area contributed by atoms with Crippen molar-refractivity contribution in [3.63, 3.8) is 0 Å². The van der Waals surface area contributed by atoms with E-state index in [1.165, 1.54) is 12.1 Å². The number of pyridine rings is 1. The summed E-state index contributed by atoms with van der Waals surface area (Å²) in [6.07, 6.45) is 0. The summed E-state index contributed by atoms with van der Waals surface area (Å²) in [7, 11) is 0. The Morgan fingerprint density at radius 3 is 2.43 bits per heavy atom. The van der Waals surface area contributed by atoms with Crippen LogP contribution in [0.3, 0.4) is 0 Å². The lowest BCUT2D eigenvalue weighted by molar-refractivity contribution is -0.0498. The van der Waals surface area contributed by atoms with Gasteiger partial charge in [0.25, 0.3) is 5.91 Å². The Hall–Kier alpha value is -3.02. The van der Waals surface area contributed by atoms with E-state index in [0.29, 0.717) is 5.52 Å². The highest BCUT2D eigenvalue weighted by Crippen LogP contribution is 2.30. The van der Waals surface area contributed by atoms with Crippen LogP contribution in [0, 0.1) is 0 Å². The van der Waals surface area contributed by atoms with E-state index in [1.54, 1.807) is 24.3 Å². The lowest BCUT2D eigenvalue weighted by atomic mass is 10.00. The smallest absolute Gasteiger partial charge is 0.387 e. The van der Waals surface area contributed by atoms with Crippen molar-refractivity contribution < 1.29 is 18.3 Å². The molecule has 0 aliphatic carbocycles. The van der Waals surface area contributed by atoms with Gasteiger partial charge in [0, 0.05) is 5.39 Å². The second-order valence-corrected chi connectivity index (χ2v) is 4.84. The minimum Gasteiger partial charge on any atom is -0.435 e. The van der Waals surface area contributed by atoms with Crippen LogP contribution in [0.4, 0.5) is 8.78 Å². The number of carbonyl (C=O) groups is 1. The number of hydrogen-bond acceptors (Lipinski definition) is 3. The maximum Gasteiger partial charge on any atom is 0.387 e. The van der Waals surface area contributed by atoms with Gasteiger partial charge in [0.15, 0.2) is 0 Å². The van der Waals surface area contributed by atoms with E-state index in [4.69, 9.17) is 5.73 Å². The van der Waals surface area contributed by atoms with Crippen LogP contribution in [0.15, 0.2) is 54.6 Å². The number of rotatable bonds is 4. The number of nitrogens with two attached hydrogens (primary N) is 1. The van der Waals surface area contributed by atoms with Crippen LogP contribution in [0.1, 0.15) is 10.5 Å². The van der Waals surface area contributed by atoms with Gasteiger partial charge in [-0.1, -0.05) is 30.3 Å². The summed E-state index contributed by atoms with van der Waals surface area (Å²) < 4.78 is 28.8. The van der Waals surface area contributed by atoms with Gasteiger partial charge in [-0.3, -0.25) is 4.79 Å². The van der Waals surface area contributed by atoms with Crippen molar-refractivity contribution in [1.29, 1.82) is 0 Å². The van der Waals surface area contributed by atoms with Gasteiger partial charge >= 0.3 is 6.61 Å². The van der Waals surface area contributed by atoms with E-state index in [0.717, 1.165) is 16.5 Å². The van der Waals surface area contributed by atoms with E-state index in [9.17, 15) is 13.6 Å². The highest BCUT2D eigenvalue weighted by molar-refractivity contribution is 6.00. The summed E-state index contributed by atoms with van der Waals surface area (Å²) in [5.74, 6) is -0.563. The molecule has 23 heavy (non-hydrogen) atoms. The van der Waals surface area contributed by atoms with Crippen molar-refractivity contribution in [3.05, 3.63) is 60.3 Å². The molecular formula is C17H12F2N2O2. The molecule has 0 aliphatic heterocycles. The van der Waals surface area contributed by atoms with Crippen LogP contribution in [-0.4, -0.2) is 17.5 Å². The average molecular weight is 314 g/mol. The van der Waals surface area contributed by atoms with Gasteiger partial charge in [-0.05, 0) is 35.4 Å². The highest BCUT2D eigenvalue weighted by Gasteiger charge is 2.11. The van der Waals surface area contributed by atoms with Gasteiger partial charge in [0.1, 0.15) is 11.4 Å². The van der Waals surface area contributed by atoms with Crippen molar-refractivity contribution in [2.75, 3.05) is 0 Å². The monoisotopic (exact) mass is 314 g/mol. The van der Waals surface area contributed by atoms with E-state index < -0.39 is 12.5 Å². The van der Waals surface area contributed by atoms with Crippen LogP contribution < -0.4 is 10.5 Å². The molecule has 3 rings (SSSR count). The van der Waals surface area contributed by atoms with Crippen molar-refractivity contribution in [2.45, 2.75) is 6.61 Å². The molecule has 0 fully saturated rings. The Labute approximate surface area is 130 Å². The maximum atomic E-state index is 12.2. The first kappa shape index (κ1) is 14.9. The molecule has 2 N–H and O–H groups in total. The van der Waals surface area contributed by atoms with Crippen LogP contribution in [-0.2, 0) is 0 Å². The number of benzene rings is 2. The number of carbonyl (C=O) groups excluding carboxylic acids is 1. The Balaban J connectivity index is 2.12. The van der Waals surface area contributed by atoms with Crippen molar-refractivity contribution in [1.82, 2.24) is 4.98 Å². The van der Waals surface area contributed by atoms with E-state index >= 15 is 0 Å². The topological polar surface area (TPSA) is 65.2 Å². The molecule has 1 heterocycles. The number of halogens is 2. The second kappa shape index (κ2) is 6.00. The normalized spacial score (nSPS) is 10.9. The molecule has 2 aromatic carbocycles. The van der Waals surface area contributed by atoms with E-state index in [-0.39, 0.29) is 11.4 Å². The molecule has 116 valence electrons. The first-order valence-electron chi connectivity index (χ1n) is 6.79.